The van der Waals surface area contributed by atoms with Crippen molar-refractivity contribution in [2.75, 3.05) is 0 Å². The summed E-state index contributed by atoms with van der Waals surface area (Å²) in [6.07, 6.45) is 5.83. The number of nitrogens with zero attached hydrogens (tertiary/aromatic N) is 2. The lowest BCUT2D eigenvalue weighted by Gasteiger charge is -2.27. The normalized spacial score (nSPS) is 23.7. The van der Waals surface area contributed by atoms with E-state index in [2.05, 4.69) is 10.3 Å². The molecule has 2 rings (SSSR count). The number of nitrogens with two attached hydrogens (primary N) is 1. The third kappa shape index (κ3) is 3.50. The second-order valence-electron chi connectivity index (χ2n) is 4.86. The zero-order valence-corrected chi connectivity index (χ0v) is 10.6. The monoisotopic (exact) mass is 272 g/mol. The van der Waals surface area contributed by atoms with Crippen molar-refractivity contribution in [1.82, 2.24) is 14.9 Å². The van der Waals surface area contributed by atoms with Gasteiger partial charge in [-0.25, -0.2) is 4.98 Å². The highest BCUT2D eigenvalue weighted by Gasteiger charge is 2.24. The lowest BCUT2D eigenvalue weighted by molar-refractivity contribution is -0.122. The first-order chi connectivity index (χ1) is 9.08. The van der Waals surface area contributed by atoms with Crippen LogP contribution in [0.25, 0.3) is 0 Å². The van der Waals surface area contributed by atoms with Gasteiger partial charge >= 0.3 is 6.55 Å². The molecule has 0 unspecified atom stereocenters. The van der Waals surface area contributed by atoms with E-state index in [1.165, 1.54) is 12.4 Å². The second-order valence-corrected chi connectivity index (χ2v) is 4.86. The van der Waals surface area contributed by atoms with Crippen molar-refractivity contribution in [3.8, 4) is 0 Å². The van der Waals surface area contributed by atoms with Crippen molar-refractivity contribution in [1.29, 1.82) is 0 Å². The summed E-state index contributed by atoms with van der Waals surface area (Å²) in [7, 11) is 0. The summed E-state index contributed by atoms with van der Waals surface area (Å²) < 4.78 is 26.1. The van der Waals surface area contributed by atoms with Crippen LogP contribution in [-0.2, 0) is 11.3 Å². The van der Waals surface area contributed by atoms with Crippen LogP contribution in [0.5, 0.6) is 0 Å². The first-order valence-electron chi connectivity index (χ1n) is 6.40. The molecule has 0 aliphatic heterocycles. The lowest BCUT2D eigenvalue weighted by Crippen LogP contribution is -2.36. The van der Waals surface area contributed by atoms with Crippen LogP contribution in [0.2, 0.25) is 0 Å². The van der Waals surface area contributed by atoms with Gasteiger partial charge in [-0.1, -0.05) is 0 Å². The summed E-state index contributed by atoms with van der Waals surface area (Å²) >= 11 is 0. The van der Waals surface area contributed by atoms with Gasteiger partial charge in [-0.2, -0.15) is 8.78 Å². The number of amides is 1. The van der Waals surface area contributed by atoms with Gasteiger partial charge < -0.3 is 11.1 Å². The van der Waals surface area contributed by atoms with E-state index in [0.29, 0.717) is 12.4 Å². The van der Waals surface area contributed by atoms with Crippen LogP contribution >= 0.6 is 0 Å². The van der Waals surface area contributed by atoms with Crippen molar-refractivity contribution < 1.29 is 13.6 Å². The van der Waals surface area contributed by atoms with Crippen molar-refractivity contribution in [3.63, 3.8) is 0 Å². The zero-order chi connectivity index (χ0) is 13.8. The van der Waals surface area contributed by atoms with E-state index in [1.54, 1.807) is 0 Å². The Bertz CT molecular complexity index is 427. The van der Waals surface area contributed by atoms with E-state index in [-0.39, 0.29) is 17.9 Å². The van der Waals surface area contributed by atoms with Crippen LogP contribution < -0.4 is 11.1 Å². The molecule has 0 radical (unpaired) electrons. The van der Waals surface area contributed by atoms with E-state index in [4.69, 9.17) is 5.73 Å². The Hall–Kier alpha value is -1.50. The number of aromatic nitrogens is 2. The molecule has 5 nitrogen and oxygen atoms in total. The molecule has 0 bridgehead atoms. The summed E-state index contributed by atoms with van der Waals surface area (Å²) in [6, 6.07) is 0.235. The Labute approximate surface area is 110 Å². The maximum Gasteiger partial charge on any atom is 0.319 e. The third-order valence-corrected chi connectivity index (χ3v) is 3.64. The minimum Gasteiger partial charge on any atom is -0.369 e. The Morgan fingerprint density at radius 1 is 1.47 bits per heavy atom. The number of carbonyl (C=O) groups excluding carboxylic acids is 1. The summed E-state index contributed by atoms with van der Waals surface area (Å²) in [5.74, 6) is 0.0415. The number of rotatable bonds is 5. The maximum absolute atomic E-state index is 12.6. The number of halogens is 2. The molecule has 1 aliphatic carbocycles. The van der Waals surface area contributed by atoms with Crippen LogP contribution in [-0.4, -0.2) is 21.5 Å². The van der Waals surface area contributed by atoms with Gasteiger partial charge in [0.15, 0.2) is 0 Å². The third-order valence-electron chi connectivity index (χ3n) is 3.64. The summed E-state index contributed by atoms with van der Waals surface area (Å²) in [5, 5.41) is 3.21. The number of hydrogen-bond donors (Lipinski definition) is 2. The van der Waals surface area contributed by atoms with Gasteiger partial charge in [0, 0.05) is 24.4 Å². The molecular weight excluding hydrogens is 254 g/mol. The molecular formula is C12H18F2N4O. The smallest absolute Gasteiger partial charge is 0.319 e. The molecule has 1 heterocycles. The second kappa shape index (κ2) is 6.10. The van der Waals surface area contributed by atoms with Gasteiger partial charge in [0.05, 0.1) is 6.54 Å². The van der Waals surface area contributed by atoms with E-state index in [9.17, 15) is 13.6 Å². The summed E-state index contributed by atoms with van der Waals surface area (Å²) in [6.45, 7) is -2.26. The van der Waals surface area contributed by atoms with Crippen LogP contribution in [0.3, 0.4) is 0 Å². The van der Waals surface area contributed by atoms with Crippen LogP contribution in [0, 0.1) is 5.92 Å². The highest BCUT2D eigenvalue weighted by atomic mass is 19.3. The average Bonchev–Trinajstić information content (AvgIpc) is 2.85. The van der Waals surface area contributed by atoms with Gasteiger partial charge in [-0.05, 0) is 25.7 Å². The van der Waals surface area contributed by atoms with Crippen LogP contribution in [0.1, 0.15) is 38.1 Å². The number of alkyl halides is 2. The Balaban J connectivity index is 1.80. The molecule has 3 N–H and O–H groups in total. The molecule has 106 valence electrons. The molecule has 0 saturated heterocycles. The quantitative estimate of drug-likeness (QED) is 0.851. The number of primary amides is 1. The first kappa shape index (κ1) is 13.9. The van der Waals surface area contributed by atoms with Crippen molar-refractivity contribution in [3.05, 3.63) is 18.2 Å². The zero-order valence-electron chi connectivity index (χ0n) is 10.6. The maximum atomic E-state index is 12.6. The van der Waals surface area contributed by atoms with E-state index in [1.807, 2.05) is 0 Å². The number of carbonyl (C=O) groups is 1. The molecule has 1 aromatic rings. The predicted octanol–water partition coefficient (Wildman–Crippen LogP) is 1.41. The Morgan fingerprint density at radius 2 is 2.16 bits per heavy atom. The SMILES string of the molecule is NC(=O)C1CCC(NCc2nccn2C(F)F)CC1. The van der Waals surface area contributed by atoms with Gasteiger partial charge in [-0.3, -0.25) is 9.36 Å². The molecule has 19 heavy (non-hydrogen) atoms. The standard InChI is InChI=1S/C12H18F2N4O/c13-12(14)18-6-5-16-10(18)7-17-9-3-1-8(2-4-9)11(15)19/h5-6,8-9,12,17H,1-4,7H2,(H2,15,19). The molecule has 0 aromatic carbocycles. The van der Waals surface area contributed by atoms with E-state index < -0.39 is 6.55 Å². The molecule has 1 fully saturated rings. The number of imidazole rings is 1. The number of nitrogens with one attached hydrogen (secondary N) is 1. The van der Waals surface area contributed by atoms with Gasteiger partial charge in [0.25, 0.3) is 0 Å². The van der Waals surface area contributed by atoms with Crippen molar-refractivity contribution >= 4 is 5.91 Å². The fraction of sp³-hybridized carbons (Fsp3) is 0.667. The molecule has 1 aromatic heterocycles. The Kier molecular flexibility index (Phi) is 4.47. The highest BCUT2D eigenvalue weighted by molar-refractivity contribution is 5.76. The van der Waals surface area contributed by atoms with Gasteiger partial charge in [-0.15, -0.1) is 0 Å². The van der Waals surface area contributed by atoms with E-state index >= 15 is 0 Å². The predicted molar refractivity (Wildman–Crippen MR) is 65.3 cm³/mol. The molecule has 1 saturated carbocycles. The fourth-order valence-corrected chi connectivity index (χ4v) is 2.48. The van der Waals surface area contributed by atoms with Crippen LogP contribution in [0.4, 0.5) is 8.78 Å². The van der Waals surface area contributed by atoms with Crippen LogP contribution in [0.15, 0.2) is 12.4 Å². The van der Waals surface area contributed by atoms with Crippen molar-refractivity contribution in [2.45, 2.75) is 44.8 Å². The number of hydrogen-bond acceptors (Lipinski definition) is 3. The molecule has 0 spiro atoms. The molecule has 1 amide bonds. The first-order valence-corrected chi connectivity index (χ1v) is 6.40. The molecule has 0 atom stereocenters. The fourth-order valence-electron chi connectivity index (χ4n) is 2.48. The summed E-state index contributed by atoms with van der Waals surface area (Å²) in [5.41, 5.74) is 5.26. The van der Waals surface area contributed by atoms with Gasteiger partial charge in [0.1, 0.15) is 5.82 Å². The Morgan fingerprint density at radius 3 is 2.74 bits per heavy atom. The minimum absolute atomic E-state index is 0.0406. The topological polar surface area (TPSA) is 72.9 Å². The highest BCUT2D eigenvalue weighted by Crippen LogP contribution is 2.24. The molecule has 1 aliphatic rings. The lowest BCUT2D eigenvalue weighted by atomic mass is 9.85. The minimum atomic E-state index is -2.56. The average molecular weight is 272 g/mol. The van der Waals surface area contributed by atoms with Crippen molar-refractivity contribution in [2.24, 2.45) is 11.7 Å². The van der Waals surface area contributed by atoms with Gasteiger partial charge in [0.2, 0.25) is 5.91 Å². The largest absolute Gasteiger partial charge is 0.369 e. The molecule has 7 heteroatoms. The van der Waals surface area contributed by atoms with E-state index in [0.717, 1.165) is 30.3 Å². The summed E-state index contributed by atoms with van der Waals surface area (Å²) in [4.78, 5) is 14.9.